The fourth-order valence-electron chi connectivity index (χ4n) is 2.31. The monoisotopic (exact) mass is 370 g/mol. The average molecular weight is 370 g/mol. The lowest BCUT2D eigenvalue weighted by Crippen LogP contribution is -2.45. The molecule has 0 saturated carbocycles. The molecule has 0 radical (unpaired) electrons. The predicted octanol–water partition coefficient (Wildman–Crippen LogP) is 3.28. The zero-order valence-corrected chi connectivity index (χ0v) is 15.5. The molecule has 0 aromatic heterocycles. The number of nitrogens with one attached hydrogen (secondary N) is 2. The van der Waals surface area contributed by atoms with Crippen LogP contribution in [0.25, 0.3) is 0 Å². The smallest absolute Gasteiger partial charge is 0.408 e. The molecule has 0 bridgehead atoms. The molecule has 2 rings (SSSR count). The van der Waals surface area contributed by atoms with E-state index in [1.807, 2.05) is 60.7 Å². The van der Waals surface area contributed by atoms with Crippen LogP contribution in [-0.2, 0) is 16.1 Å². The Morgan fingerprint density at radius 3 is 2.33 bits per heavy atom. The molecule has 0 heterocycles. The van der Waals surface area contributed by atoms with Gasteiger partial charge >= 0.3 is 6.09 Å². The highest BCUT2D eigenvalue weighted by Gasteiger charge is 2.15. The van der Waals surface area contributed by atoms with Crippen molar-refractivity contribution in [1.82, 2.24) is 10.6 Å². The van der Waals surface area contributed by atoms with Gasteiger partial charge in [-0.05, 0) is 37.5 Å². The molecule has 0 aliphatic heterocycles. The molecule has 1 atom stereocenters. The van der Waals surface area contributed by atoms with E-state index in [0.29, 0.717) is 13.2 Å². The van der Waals surface area contributed by atoms with Gasteiger partial charge in [-0.2, -0.15) is 0 Å². The summed E-state index contributed by atoms with van der Waals surface area (Å²) in [5, 5.41) is 5.32. The van der Waals surface area contributed by atoms with E-state index in [4.69, 9.17) is 9.47 Å². The largest absolute Gasteiger partial charge is 0.494 e. The second-order valence-corrected chi connectivity index (χ2v) is 6.09. The van der Waals surface area contributed by atoms with Gasteiger partial charge in [0.15, 0.2) is 0 Å². The first-order valence-corrected chi connectivity index (χ1v) is 9.08. The molecular formula is C21H26N2O4. The zero-order valence-electron chi connectivity index (χ0n) is 15.5. The summed E-state index contributed by atoms with van der Waals surface area (Å²) < 4.78 is 10.7. The summed E-state index contributed by atoms with van der Waals surface area (Å²) in [4.78, 5) is 23.7. The van der Waals surface area contributed by atoms with Crippen molar-refractivity contribution in [3.63, 3.8) is 0 Å². The van der Waals surface area contributed by atoms with Crippen molar-refractivity contribution in [2.24, 2.45) is 0 Å². The molecular weight excluding hydrogens is 344 g/mol. The van der Waals surface area contributed by atoms with Crippen molar-refractivity contribution in [2.45, 2.75) is 32.4 Å². The summed E-state index contributed by atoms with van der Waals surface area (Å²) in [6.45, 7) is 2.92. The third kappa shape index (κ3) is 8.27. The van der Waals surface area contributed by atoms with Gasteiger partial charge in [0, 0.05) is 6.54 Å². The van der Waals surface area contributed by atoms with E-state index in [1.54, 1.807) is 6.92 Å². The molecule has 6 heteroatoms. The van der Waals surface area contributed by atoms with Crippen molar-refractivity contribution in [3.8, 4) is 5.75 Å². The molecule has 0 fully saturated rings. The molecule has 2 aromatic rings. The highest BCUT2D eigenvalue weighted by atomic mass is 16.5. The van der Waals surface area contributed by atoms with Gasteiger partial charge in [-0.3, -0.25) is 4.79 Å². The Hall–Kier alpha value is -3.02. The number of amides is 2. The molecule has 6 nitrogen and oxygen atoms in total. The van der Waals surface area contributed by atoms with E-state index < -0.39 is 12.1 Å². The number of hydrogen-bond acceptors (Lipinski definition) is 4. The number of ether oxygens (including phenoxy) is 2. The van der Waals surface area contributed by atoms with Crippen LogP contribution in [0.4, 0.5) is 4.79 Å². The van der Waals surface area contributed by atoms with Crippen molar-refractivity contribution >= 4 is 12.0 Å². The molecule has 2 N–H and O–H groups in total. The average Bonchev–Trinajstić information content (AvgIpc) is 2.70. The van der Waals surface area contributed by atoms with Crippen LogP contribution in [0.15, 0.2) is 60.7 Å². The van der Waals surface area contributed by atoms with Gasteiger partial charge in [0.25, 0.3) is 0 Å². The number of alkyl carbamates (subject to hydrolysis) is 1. The van der Waals surface area contributed by atoms with Crippen LogP contribution in [0.2, 0.25) is 0 Å². The van der Waals surface area contributed by atoms with Gasteiger partial charge in [-0.1, -0.05) is 48.5 Å². The van der Waals surface area contributed by atoms with Gasteiger partial charge in [-0.15, -0.1) is 0 Å². The van der Waals surface area contributed by atoms with E-state index in [-0.39, 0.29) is 12.5 Å². The predicted molar refractivity (Wildman–Crippen MR) is 103 cm³/mol. The fraction of sp³-hybridized carbons (Fsp3) is 0.333. The minimum Gasteiger partial charge on any atom is -0.494 e. The Morgan fingerprint density at radius 1 is 0.963 bits per heavy atom. The second-order valence-electron chi connectivity index (χ2n) is 6.09. The first-order chi connectivity index (χ1) is 13.1. The lowest BCUT2D eigenvalue weighted by Gasteiger charge is -2.14. The summed E-state index contributed by atoms with van der Waals surface area (Å²) in [5.41, 5.74) is 0.891. The van der Waals surface area contributed by atoms with Crippen LogP contribution in [0.3, 0.4) is 0 Å². The van der Waals surface area contributed by atoms with E-state index in [9.17, 15) is 9.59 Å². The van der Waals surface area contributed by atoms with Crippen molar-refractivity contribution < 1.29 is 19.1 Å². The first kappa shape index (κ1) is 20.3. The van der Waals surface area contributed by atoms with Crippen LogP contribution in [0, 0.1) is 0 Å². The minimum absolute atomic E-state index is 0.169. The van der Waals surface area contributed by atoms with Crippen LogP contribution >= 0.6 is 0 Å². The quantitative estimate of drug-likeness (QED) is 0.629. The zero-order chi connectivity index (χ0) is 19.3. The number of carbonyl (C=O) groups excluding carboxylic acids is 2. The molecule has 0 aliphatic carbocycles. The third-order valence-corrected chi connectivity index (χ3v) is 3.82. The highest BCUT2D eigenvalue weighted by Crippen LogP contribution is 2.08. The maximum Gasteiger partial charge on any atom is 0.408 e. The molecule has 27 heavy (non-hydrogen) atoms. The van der Waals surface area contributed by atoms with Crippen molar-refractivity contribution in [2.75, 3.05) is 13.2 Å². The van der Waals surface area contributed by atoms with Gasteiger partial charge in [0.2, 0.25) is 5.91 Å². The Kier molecular flexibility index (Phi) is 8.69. The van der Waals surface area contributed by atoms with E-state index >= 15 is 0 Å². The Labute approximate surface area is 159 Å². The van der Waals surface area contributed by atoms with Gasteiger partial charge in [0.05, 0.1) is 6.61 Å². The lowest BCUT2D eigenvalue weighted by molar-refractivity contribution is -0.122. The SMILES string of the molecule is C[C@H](NC(=O)OCc1ccccc1)C(=O)NCCCCOc1ccccc1. The van der Waals surface area contributed by atoms with Crippen LogP contribution in [-0.4, -0.2) is 31.2 Å². The number of rotatable bonds is 10. The number of carbonyl (C=O) groups is 2. The Bertz CT molecular complexity index is 692. The molecule has 0 saturated heterocycles. The van der Waals surface area contributed by atoms with Crippen LogP contribution in [0.1, 0.15) is 25.3 Å². The summed E-state index contributed by atoms with van der Waals surface area (Å²) in [6, 6.07) is 18.3. The topological polar surface area (TPSA) is 76.7 Å². The van der Waals surface area contributed by atoms with E-state index in [1.165, 1.54) is 0 Å². The summed E-state index contributed by atoms with van der Waals surface area (Å²) in [7, 11) is 0. The standard InChI is InChI=1S/C21H26N2O4/c1-17(23-21(25)27-16-18-10-4-2-5-11-18)20(24)22-14-8-9-15-26-19-12-6-3-7-13-19/h2-7,10-13,17H,8-9,14-16H2,1H3,(H,22,24)(H,23,25)/t17-/m0/s1. The highest BCUT2D eigenvalue weighted by molar-refractivity contribution is 5.85. The number of unbranched alkanes of at least 4 members (excludes halogenated alkanes) is 1. The Morgan fingerprint density at radius 2 is 1.63 bits per heavy atom. The maximum absolute atomic E-state index is 12.0. The molecule has 144 valence electrons. The van der Waals surface area contributed by atoms with Crippen molar-refractivity contribution in [1.29, 1.82) is 0 Å². The van der Waals surface area contributed by atoms with Crippen LogP contribution in [0.5, 0.6) is 5.75 Å². The van der Waals surface area contributed by atoms with Crippen LogP contribution < -0.4 is 15.4 Å². The normalized spacial score (nSPS) is 11.3. The molecule has 0 unspecified atom stereocenters. The Balaban J connectivity index is 1.53. The first-order valence-electron chi connectivity index (χ1n) is 9.08. The maximum atomic E-state index is 12.0. The van der Waals surface area contributed by atoms with Gasteiger partial charge in [-0.25, -0.2) is 4.79 Å². The second kappa shape index (κ2) is 11.6. The number of hydrogen-bond donors (Lipinski definition) is 2. The fourth-order valence-corrected chi connectivity index (χ4v) is 2.31. The summed E-state index contributed by atoms with van der Waals surface area (Å²) in [5.74, 6) is 0.601. The van der Waals surface area contributed by atoms with E-state index in [2.05, 4.69) is 10.6 Å². The molecule has 2 aromatic carbocycles. The molecule has 2 amide bonds. The summed E-state index contributed by atoms with van der Waals surface area (Å²) >= 11 is 0. The minimum atomic E-state index is -0.658. The van der Waals surface area contributed by atoms with Gasteiger partial charge < -0.3 is 20.1 Å². The van der Waals surface area contributed by atoms with E-state index in [0.717, 1.165) is 24.2 Å². The van der Waals surface area contributed by atoms with Crippen molar-refractivity contribution in [3.05, 3.63) is 66.2 Å². The third-order valence-electron chi connectivity index (χ3n) is 3.82. The molecule has 0 spiro atoms. The molecule has 0 aliphatic rings. The summed E-state index contributed by atoms with van der Waals surface area (Å²) in [6.07, 6.45) is 1.01. The lowest BCUT2D eigenvalue weighted by atomic mass is 10.2. The van der Waals surface area contributed by atoms with Gasteiger partial charge in [0.1, 0.15) is 18.4 Å². The number of para-hydroxylation sites is 1. The number of benzene rings is 2.